The second kappa shape index (κ2) is 6.46. The number of nitrogens with one attached hydrogen (secondary N) is 1. The molecule has 15 heavy (non-hydrogen) atoms. The lowest BCUT2D eigenvalue weighted by atomic mass is 10.1. The number of halogens is 1. The molecule has 1 rings (SSSR count). The predicted molar refractivity (Wildman–Crippen MR) is 63.1 cm³/mol. The van der Waals surface area contributed by atoms with Crippen molar-refractivity contribution >= 4 is 17.5 Å². The summed E-state index contributed by atoms with van der Waals surface area (Å²) in [6.45, 7) is 2.64. The van der Waals surface area contributed by atoms with E-state index in [0.717, 1.165) is 17.9 Å². The van der Waals surface area contributed by atoms with Gasteiger partial charge in [0, 0.05) is 18.0 Å². The van der Waals surface area contributed by atoms with E-state index in [9.17, 15) is 4.79 Å². The first-order chi connectivity index (χ1) is 7.22. The van der Waals surface area contributed by atoms with Crippen LogP contribution >= 0.6 is 11.6 Å². The highest BCUT2D eigenvalue weighted by atomic mass is 35.5. The zero-order chi connectivity index (χ0) is 11.1. The topological polar surface area (TPSA) is 29.1 Å². The van der Waals surface area contributed by atoms with Crippen molar-refractivity contribution in [2.24, 2.45) is 0 Å². The number of aryl methyl sites for hydroxylation is 1. The molecule has 0 fully saturated rings. The molecule has 1 amide bonds. The van der Waals surface area contributed by atoms with E-state index in [-0.39, 0.29) is 5.91 Å². The monoisotopic (exact) mass is 225 g/mol. The van der Waals surface area contributed by atoms with E-state index in [1.807, 2.05) is 31.2 Å². The maximum atomic E-state index is 11.2. The maximum Gasteiger partial charge on any atom is 0.219 e. The standard InChI is InChI=1S/C12H16ClNO/c1-2-14-12(15)5-3-4-10-6-8-11(13)9-7-10/h6-9H,2-5H2,1H3,(H,14,15). The summed E-state index contributed by atoms with van der Waals surface area (Å²) < 4.78 is 0. The molecule has 0 saturated heterocycles. The molecular weight excluding hydrogens is 210 g/mol. The van der Waals surface area contributed by atoms with E-state index in [0.29, 0.717) is 13.0 Å². The zero-order valence-electron chi connectivity index (χ0n) is 8.92. The minimum absolute atomic E-state index is 0.131. The first-order valence-electron chi connectivity index (χ1n) is 5.23. The van der Waals surface area contributed by atoms with Crippen LogP contribution in [0.3, 0.4) is 0 Å². The molecule has 0 bridgehead atoms. The van der Waals surface area contributed by atoms with Crippen molar-refractivity contribution in [1.82, 2.24) is 5.32 Å². The molecule has 1 N–H and O–H groups in total. The summed E-state index contributed by atoms with van der Waals surface area (Å²) in [4.78, 5) is 11.2. The molecule has 0 atom stereocenters. The Morgan fingerprint density at radius 2 is 2.00 bits per heavy atom. The summed E-state index contributed by atoms with van der Waals surface area (Å²) in [6, 6.07) is 7.76. The predicted octanol–water partition coefficient (Wildman–Crippen LogP) is 2.80. The number of carbonyl (C=O) groups excluding carboxylic acids is 1. The first kappa shape index (κ1) is 12.1. The highest BCUT2D eigenvalue weighted by Crippen LogP contribution is 2.11. The van der Waals surface area contributed by atoms with Crippen molar-refractivity contribution < 1.29 is 4.79 Å². The molecular formula is C12H16ClNO. The van der Waals surface area contributed by atoms with Crippen molar-refractivity contribution in [1.29, 1.82) is 0 Å². The number of carbonyl (C=O) groups is 1. The fraction of sp³-hybridized carbons (Fsp3) is 0.417. The van der Waals surface area contributed by atoms with Gasteiger partial charge in [0.2, 0.25) is 5.91 Å². The third kappa shape index (κ3) is 4.84. The Morgan fingerprint density at radius 3 is 2.60 bits per heavy atom. The molecule has 0 aliphatic rings. The van der Waals surface area contributed by atoms with Gasteiger partial charge < -0.3 is 5.32 Å². The Balaban J connectivity index is 2.26. The van der Waals surface area contributed by atoms with Crippen LogP contribution < -0.4 is 5.32 Å². The summed E-state index contributed by atoms with van der Waals surface area (Å²) in [5, 5.41) is 3.53. The average molecular weight is 226 g/mol. The highest BCUT2D eigenvalue weighted by Gasteiger charge is 1.99. The Hall–Kier alpha value is -1.02. The number of rotatable bonds is 5. The Kier molecular flexibility index (Phi) is 5.19. The van der Waals surface area contributed by atoms with Crippen LogP contribution in [-0.2, 0) is 11.2 Å². The van der Waals surface area contributed by atoms with Gasteiger partial charge in [-0.25, -0.2) is 0 Å². The maximum absolute atomic E-state index is 11.2. The average Bonchev–Trinajstić information content (AvgIpc) is 2.21. The Bertz CT molecular complexity index is 308. The number of benzene rings is 1. The molecule has 82 valence electrons. The largest absolute Gasteiger partial charge is 0.356 e. The molecule has 3 heteroatoms. The third-order valence-electron chi connectivity index (χ3n) is 2.16. The summed E-state index contributed by atoms with van der Waals surface area (Å²) >= 11 is 5.77. The van der Waals surface area contributed by atoms with Gasteiger partial charge in [-0.05, 0) is 37.5 Å². The van der Waals surface area contributed by atoms with Crippen LogP contribution in [-0.4, -0.2) is 12.5 Å². The number of amides is 1. The molecule has 2 nitrogen and oxygen atoms in total. The molecule has 1 aromatic carbocycles. The van der Waals surface area contributed by atoms with E-state index in [4.69, 9.17) is 11.6 Å². The molecule has 0 aromatic heterocycles. The normalized spacial score (nSPS) is 10.0. The summed E-state index contributed by atoms with van der Waals surface area (Å²) in [6.07, 6.45) is 2.40. The van der Waals surface area contributed by atoms with Gasteiger partial charge in [-0.3, -0.25) is 4.79 Å². The molecule has 1 aromatic rings. The molecule has 0 saturated carbocycles. The van der Waals surface area contributed by atoms with E-state index in [2.05, 4.69) is 5.32 Å². The lowest BCUT2D eigenvalue weighted by molar-refractivity contribution is -0.121. The Morgan fingerprint density at radius 1 is 1.33 bits per heavy atom. The smallest absolute Gasteiger partial charge is 0.219 e. The molecule has 0 spiro atoms. The van der Waals surface area contributed by atoms with Gasteiger partial charge in [-0.1, -0.05) is 23.7 Å². The van der Waals surface area contributed by atoms with Gasteiger partial charge in [-0.15, -0.1) is 0 Å². The van der Waals surface area contributed by atoms with Gasteiger partial charge in [0.15, 0.2) is 0 Å². The number of hydrogen-bond acceptors (Lipinski definition) is 1. The summed E-state index contributed by atoms with van der Waals surface area (Å²) in [5.41, 5.74) is 1.23. The lowest BCUT2D eigenvalue weighted by Gasteiger charge is -2.02. The fourth-order valence-electron chi connectivity index (χ4n) is 1.39. The van der Waals surface area contributed by atoms with Crippen molar-refractivity contribution in [3.8, 4) is 0 Å². The van der Waals surface area contributed by atoms with Crippen LogP contribution in [0.2, 0.25) is 5.02 Å². The van der Waals surface area contributed by atoms with E-state index in [1.165, 1.54) is 5.56 Å². The minimum atomic E-state index is 0.131. The second-order valence-corrected chi connectivity index (χ2v) is 3.87. The van der Waals surface area contributed by atoms with Crippen LogP contribution in [0, 0.1) is 0 Å². The van der Waals surface area contributed by atoms with Gasteiger partial charge in [0.1, 0.15) is 0 Å². The van der Waals surface area contributed by atoms with E-state index >= 15 is 0 Å². The molecule has 0 aliphatic heterocycles. The lowest BCUT2D eigenvalue weighted by Crippen LogP contribution is -2.22. The Labute approximate surface area is 95.6 Å². The minimum Gasteiger partial charge on any atom is -0.356 e. The van der Waals surface area contributed by atoms with Crippen LogP contribution in [0.5, 0.6) is 0 Å². The third-order valence-corrected chi connectivity index (χ3v) is 2.41. The van der Waals surface area contributed by atoms with Crippen LogP contribution in [0.25, 0.3) is 0 Å². The van der Waals surface area contributed by atoms with Crippen LogP contribution in [0.15, 0.2) is 24.3 Å². The fourth-order valence-corrected chi connectivity index (χ4v) is 1.52. The molecule has 0 unspecified atom stereocenters. The van der Waals surface area contributed by atoms with Gasteiger partial charge in [0.25, 0.3) is 0 Å². The van der Waals surface area contributed by atoms with Crippen LogP contribution in [0.4, 0.5) is 0 Å². The summed E-state index contributed by atoms with van der Waals surface area (Å²) in [7, 11) is 0. The highest BCUT2D eigenvalue weighted by molar-refractivity contribution is 6.30. The van der Waals surface area contributed by atoms with Crippen molar-refractivity contribution in [2.75, 3.05) is 6.54 Å². The number of hydrogen-bond donors (Lipinski definition) is 1. The van der Waals surface area contributed by atoms with Crippen molar-refractivity contribution in [3.05, 3.63) is 34.9 Å². The summed E-state index contributed by atoms with van der Waals surface area (Å²) in [5.74, 6) is 0.131. The van der Waals surface area contributed by atoms with Crippen molar-refractivity contribution in [2.45, 2.75) is 26.2 Å². The zero-order valence-corrected chi connectivity index (χ0v) is 9.68. The second-order valence-electron chi connectivity index (χ2n) is 3.43. The molecule has 0 heterocycles. The van der Waals surface area contributed by atoms with Gasteiger partial charge in [0.05, 0.1) is 0 Å². The van der Waals surface area contributed by atoms with E-state index in [1.54, 1.807) is 0 Å². The van der Waals surface area contributed by atoms with E-state index < -0.39 is 0 Å². The quantitative estimate of drug-likeness (QED) is 0.821. The van der Waals surface area contributed by atoms with Crippen molar-refractivity contribution in [3.63, 3.8) is 0 Å². The molecule has 0 aliphatic carbocycles. The first-order valence-corrected chi connectivity index (χ1v) is 5.61. The molecule has 0 radical (unpaired) electrons. The van der Waals surface area contributed by atoms with Crippen LogP contribution in [0.1, 0.15) is 25.3 Å². The SMILES string of the molecule is CCNC(=O)CCCc1ccc(Cl)cc1. The van der Waals surface area contributed by atoms with Gasteiger partial charge >= 0.3 is 0 Å². The van der Waals surface area contributed by atoms with Gasteiger partial charge in [-0.2, -0.15) is 0 Å².